The highest BCUT2D eigenvalue weighted by molar-refractivity contribution is 5.51. The van der Waals surface area contributed by atoms with Crippen LogP contribution < -0.4 is 5.69 Å². The third-order valence-corrected chi connectivity index (χ3v) is 5.03. The van der Waals surface area contributed by atoms with E-state index in [9.17, 15) is 4.79 Å². The monoisotopic (exact) mass is 412 g/mol. The lowest BCUT2D eigenvalue weighted by molar-refractivity contribution is 0.603. The molecule has 0 unspecified atom stereocenters. The van der Waals surface area contributed by atoms with Gasteiger partial charge in [-0.15, -0.1) is 10.2 Å². The summed E-state index contributed by atoms with van der Waals surface area (Å²) in [6.07, 6.45) is 10.4. The van der Waals surface area contributed by atoms with Crippen LogP contribution in [0.25, 0.3) is 28.7 Å². The van der Waals surface area contributed by atoms with Crippen LogP contribution in [0.3, 0.4) is 0 Å². The molecule has 0 N–H and O–H groups in total. The highest BCUT2D eigenvalue weighted by atomic mass is 16.1. The average Bonchev–Trinajstić information content (AvgIpc) is 3.54. The minimum Gasteiger partial charge on any atom is -0.310 e. The molecule has 4 aromatic heterocycles. The first-order chi connectivity index (χ1) is 15.1. The predicted octanol–water partition coefficient (Wildman–Crippen LogP) is 3.05. The summed E-state index contributed by atoms with van der Waals surface area (Å²) in [5.41, 5.74) is 2.12. The van der Waals surface area contributed by atoms with E-state index in [-0.39, 0.29) is 11.7 Å². The van der Waals surface area contributed by atoms with Crippen molar-refractivity contribution in [1.82, 2.24) is 38.4 Å². The fraction of sp³-hybridized carbons (Fsp3) is 0.136. The minimum absolute atomic E-state index is 0.196. The molecule has 4 heterocycles. The van der Waals surface area contributed by atoms with Gasteiger partial charge in [0.2, 0.25) is 0 Å². The van der Waals surface area contributed by atoms with Crippen LogP contribution in [0.1, 0.15) is 19.9 Å². The molecule has 1 aromatic carbocycles. The predicted molar refractivity (Wildman–Crippen MR) is 116 cm³/mol. The molecule has 0 aliphatic rings. The quantitative estimate of drug-likeness (QED) is 0.443. The lowest BCUT2D eigenvalue weighted by Crippen LogP contribution is -2.22. The van der Waals surface area contributed by atoms with E-state index in [1.165, 1.54) is 4.57 Å². The Balaban J connectivity index is 1.54. The second-order valence-electron chi connectivity index (χ2n) is 7.35. The maximum Gasteiger partial charge on any atom is 0.338 e. The van der Waals surface area contributed by atoms with Crippen molar-refractivity contribution in [3.63, 3.8) is 0 Å². The zero-order valence-corrected chi connectivity index (χ0v) is 17.1. The van der Waals surface area contributed by atoms with E-state index in [0.29, 0.717) is 17.3 Å². The van der Waals surface area contributed by atoms with E-state index in [2.05, 4.69) is 34.0 Å². The van der Waals surface area contributed by atoms with E-state index < -0.39 is 0 Å². The molecule has 5 rings (SSSR count). The first-order valence-corrected chi connectivity index (χ1v) is 9.88. The van der Waals surface area contributed by atoms with Gasteiger partial charge in [0, 0.05) is 36.5 Å². The van der Waals surface area contributed by atoms with Crippen molar-refractivity contribution in [1.29, 1.82) is 0 Å². The largest absolute Gasteiger partial charge is 0.338 e. The molecule has 5 aromatic rings. The van der Waals surface area contributed by atoms with Gasteiger partial charge in [0.1, 0.15) is 17.8 Å². The molecule has 0 atom stereocenters. The van der Waals surface area contributed by atoms with E-state index in [1.54, 1.807) is 41.9 Å². The van der Waals surface area contributed by atoms with Crippen LogP contribution in [-0.2, 0) is 0 Å². The fourth-order valence-corrected chi connectivity index (χ4v) is 3.45. The van der Waals surface area contributed by atoms with Crippen LogP contribution in [0.15, 0.2) is 84.7 Å². The average molecular weight is 412 g/mol. The first-order valence-electron chi connectivity index (χ1n) is 9.88. The standard InChI is InChI=1S/C22H20N8O/c1-16(2)30-15-24-26-21(30)19-7-4-8-20(25-19)29-12-11-28(22(29)31)18-6-3-5-17(13-18)27-10-9-23-14-27/h3-16H,1-2H3. The Hall–Kier alpha value is -4.27. The van der Waals surface area contributed by atoms with Crippen LogP contribution in [0.5, 0.6) is 0 Å². The summed E-state index contributed by atoms with van der Waals surface area (Å²) in [6.45, 7) is 4.11. The number of aromatic nitrogens is 8. The topological polar surface area (TPSA) is 88.4 Å². The SMILES string of the molecule is CC(C)n1cnnc1-c1cccc(-n2ccn(-c3cccc(-n4ccnc4)c3)c2=O)n1. The van der Waals surface area contributed by atoms with Gasteiger partial charge in [-0.1, -0.05) is 12.1 Å². The molecule has 9 nitrogen and oxygen atoms in total. The van der Waals surface area contributed by atoms with Gasteiger partial charge in [-0.25, -0.2) is 14.8 Å². The molecule has 0 aliphatic carbocycles. The van der Waals surface area contributed by atoms with E-state index in [4.69, 9.17) is 0 Å². The van der Waals surface area contributed by atoms with Gasteiger partial charge in [-0.3, -0.25) is 9.13 Å². The summed E-state index contributed by atoms with van der Waals surface area (Å²) in [5, 5.41) is 8.21. The molecule has 9 heteroatoms. The molecule has 31 heavy (non-hydrogen) atoms. The number of rotatable bonds is 5. The summed E-state index contributed by atoms with van der Waals surface area (Å²) in [5.74, 6) is 1.18. The second kappa shape index (κ2) is 7.52. The molecule has 0 fully saturated rings. The highest BCUT2D eigenvalue weighted by Gasteiger charge is 2.14. The molecule has 0 saturated carbocycles. The van der Waals surface area contributed by atoms with Crippen LogP contribution >= 0.6 is 0 Å². The number of nitrogens with zero attached hydrogens (tertiary/aromatic N) is 8. The van der Waals surface area contributed by atoms with Crippen molar-refractivity contribution in [2.24, 2.45) is 0 Å². The normalized spacial score (nSPS) is 11.3. The number of benzene rings is 1. The molecular formula is C22H20N8O. The summed E-state index contributed by atoms with van der Waals surface area (Å²) in [6, 6.07) is 13.4. The van der Waals surface area contributed by atoms with Crippen molar-refractivity contribution in [3.05, 3.63) is 90.4 Å². The van der Waals surface area contributed by atoms with E-state index in [0.717, 1.165) is 11.4 Å². The number of hydrogen-bond acceptors (Lipinski definition) is 5. The lowest BCUT2D eigenvalue weighted by Gasteiger charge is -2.10. The highest BCUT2D eigenvalue weighted by Crippen LogP contribution is 2.19. The summed E-state index contributed by atoms with van der Waals surface area (Å²) in [7, 11) is 0. The molecule has 0 spiro atoms. The molecular weight excluding hydrogens is 392 g/mol. The molecule has 0 amide bonds. The van der Waals surface area contributed by atoms with Gasteiger partial charge >= 0.3 is 5.69 Å². The van der Waals surface area contributed by atoms with Crippen molar-refractivity contribution in [2.75, 3.05) is 0 Å². The van der Waals surface area contributed by atoms with Crippen molar-refractivity contribution < 1.29 is 0 Å². The van der Waals surface area contributed by atoms with E-state index >= 15 is 0 Å². The van der Waals surface area contributed by atoms with Crippen LogP contribution in [0.4, 0.5) is 0 Å². The maximum absolute atomic E-state index is 13.2. The smallest absolute Gasteiger partial charge is 0.310 e. The Bertz CT molecular complexity index is 1390. The Morgan fingerprint density at radius 3 is 2.52 bits per heavy atom. The second-order valence-corrected chi connectivity index (χ2v) is 7.35. The maximum atomic E-state index is 13.2. The van der Waals surface area contributed by atoms with Gasteiger partial charge in [-0.05, 0) is 44.2 Å². The van der Waals surface area contributed by atoms with Crippen LogP contribution in [0, 0.1) is 0 Å². The zero-order chi connectivity index (χ0) is 21.4. The molecule has 154 valence electrons. The van der Waals surface area contributed by atoms with Gasteiger partial charge < -0.3 is 9.13 Å². The number of pyridine rings is 1. The molecule has 0 aliphatic heterocycles. The van der Waals surface area contributed by atoms with Crippen LogP contribution in [-0.4, -0.2) is 38.4 Å². The first kappa shape index (κ1) is 18.7. The van der Waals surface area contributed by atoms with Crippen LogP contribution in [0.2, 0.25) is 0 Å². The number of hydrogen-bond donors (Lipinski definition) is 0. The minimum atomic E-state index is -0.210. The fourth-order valence-electron chi connectivity index (χ4n) is 3.45. The molecule has 0 bridgehead atoms. The van der Waals surface area contributed by atoms with E-state index in [1.807, 2.05) is 51.7 Å². The molecule has 0 radical (unpaired) electrons. The Morgan fingerprint density at radius 1 is 0.903 bits per heavy atom. The summed E-state index contributed by atoms with van der Waals surface area (Å²) < 4.78 is 6.94. The Morgan fingerprint density at radius 2 is 1.71 bits per heavy atom. The third kappa shape index (κ3) is 3.35. The van der Waals surface area contributed by atoms with Crippen molar-refractivity contribution >= 4 is 0 Å². The Labute approximate surface area is 177 Å². The van der Waals surface area contributed by atoms with Gasteiger partial charge in [0.15, 0.2) is 5.82 Å². The molecule has 0 saturated heterocycles. The zero-order valence-electron chi connectivity index (χ0n) is 17.1. The summed E-state index contributed by atoms with van der Waals surface area (Å²) >= 11 is 0. The third-order valence-electron chi connectivity index (χ3n) is 5.03. The number of imidazole rings is 2. The Kier molecular flexibility index (Phi) is 4.55. The lowest BCUT2D eigenvalue weighted by atomic mass is 10.2. The van der Waals surface area contributed by atoms with Crippen molar-refractivity contribution in [3.8, 4) is 28.7 Å². The summed E-state index contributed by atoms with van der Waals surface area (Å²) in [4.78, 5) is 21.9. The van der Waals surface area contributed by atoms with Gasteiger partial charge in [-0.2, -0.15) is 0 Å². The van der Waals surface area contributed by atoms with Crippen molar-refractivity contribution in [2.45, 2.75) is 19.9 Å². The van der Waals surface area contributed by atoms with Gasteiger partial charge in [0.25, 0.3) is 0 Å². The van der Waals surface area contributed by atoms with Gasteiger partial charge in [0.05, 0.1) is 12.0 Å².